The average Bonchev–Trinajstić information content (AvgIpc) is 3.86. The Balaban J connectivity index is 1.03. The minimum atomic E-state index is -0.839. The highest BCUT2D eigenvalue weighted by Gasteiger charge is 2.44. The van der Waals surface area contributed by atoms with Crippen LogP contribution >= 0.6 is 22.9 Å². The van der Waals surface area contributed by atoms with E-state index in [2.05, 4.69) is 45.9 Å². The summed E-state index contributed by atoms with van der Waals surface area (Å²) in [5.41, 5.74) is 1.73. The Morgan fingerprint density at radius 3 is 2.42 bits per heavy atom. The summed E-state index contributed by atoms with van der Waals surface area (Å²) in [7, 11) is 0. The molecular weight excluding hydrogens is 706 g/mol. The van der Waals surface area contributed by atoms with Crippen molar-refractivity contribution in [2.45, 2.75) is 102 Å². The predicted octanol–water partition coefficient (Wildman–Crippen LogP) is 7.49. The highest BCUT2D eigenvalue weighted by molar-refractivity contribution is 7.09. The Bertz CT molecular complexity index is 1660. The summed E-state index contributed by atoms with van der Waals surface area (Å²) in [6.07, 6.45) is 11.8. The molecule has 2 N–H and O–H groups in total. The van der Waals surface area contributed by atoms with Crippen LogP contribution in [0.5, 0.6) is 5.75 Å². The van der Waals surface area contributed by atoms with Crippen molar-refractivity contribution in [3.63, 3.8) is 0 Å². The van der Waals surface area contributed by atoms with Crippen molar-refractivity contribution in [1.82, 2.24) is 25.3 Å². The third-order valence-electron chi connectivity index (χ3n) is 12.1. The average molecular weight is 760 g/mol. The summed E-state index contributed by atoms with van der Waals surface area (Å²) >= 11 is 7.86. The van der Waals surface area contributed by atoms with Gasteiger partial charge in [0, 0.05) is 37.1 Å². The quantitative estimate of drug-likeness (QED) is 0.211. The van der Waals surface area contributed by atoms with Crippen molar-refractivity contribution in [2.75, 3.05) is 32.7 Å². The van der Waals surface area contributed by atoms with Gasteiger partial charge in [-0.15, -0.1) is 11.3 Å². The van der Waals surface area contributed by atoms with Crippen LogP contribution in [-0.2, 0) is 22.7 Å². The monoisotopic (exact) mass is 759 g/mol. The zero-order valence-corrected chi connectivity index (χ0v) is 32.3. The first kappa shape index (κ1) is 37.9. The van der Waals surface area contributed by atoms with Crippen molar-refractivity contribution in [2.24, 2.45) is 11.3 Å². The van der Waals surface area contributed by atoms with Crippen LogP contribution in [0, 0.1) is 11.3 Å². The van der Waals surface area contributed by atoms with E-state index in [1.807, 2.05) is 17.5 Å². The molecule has 2 aromatic carbocycles. The fourth-order valence-corrected chi connectivity index (χ4v) is 9.94. The maximum absolute atomic E-state index is 14.8. The molecule has 2 atom stereocenters. The van der Waals surface area contributed by atoms with Crippen LogP contribution in [0.4, 0.5) is 4.79 Å². The summed E-state index contributed by atoms with van der Waals surface area (Å²) in [6.45, 7) is 4.23. The number of para-hydroxylation sites is 1. The van der Waals surface area contributed by atoms with Crippen molar-refractivity contribution < 1.29 is 19.1 Å². The normalized spacial score (nSPS) is 24.6. The highest BCUT2D eigenvalue weighted by atomic mass is 35.5. The van der Waals surface area contributed by atoms with Crippen molar-refractivity contribution >= 4 is 40.8 Å². The molecule has 1 aromatic heterocycles. The second-order valence-corrected chi connectivity index (χ2v) is 17.2. The minimum Gasteiger partial charge on any atom is -0.409 e. The number of thiophene rings is 1. The molecule has 0 radical (unpaired) electrons. The predicted molar refractivity (Wildman–Crippen MR) is 210 cm³/mol. The maximum atomic E-state index is 14.8. The molecule has 0 bridgehead atoms. The lowest BCUT2D eigenvalue weighted by Gasteiger charge is -2.43. The van der Waals surface area contributed by atoms with Gasteiger partial charge < -0.3 is 25.2 Å². The van der Waals surface area contributed by atoms with Gasteiger partial charge in [-0.1, -0.05) is 92.2 Å². The molecule has 9 nitrogen and oxygen atoms in total. The van der Waals surface area contributed by atoms with Crippen LogP contribution in [0.25, 0.3) is 0 Å². The molecule has 53 heavy (non-hydrogen) atoms. The Labute approximate surface area is 323 Å². The van der Waals surface area contributed by atoms with E-state index in [4.69, 9.17) is 16.3 Å². The Morgan fingerprint density at radius 2 is 1.66 bits per heavy atom. The molecule has 7 rings (SSSR count). The lowest BCUT2D eigenvalue weighted by molar-refractivity contribution is -0.145. The summed E-state index contributed by atoms with van der Waals surface area (Å²) in [4.78, 5) is 49.0. The smallest absolute Gasteiger partial charge is 0.409 e. The molecule has 2 aliphatic carbocycles. The summed E-state index contributed by atoms with van der Waals surface area (Å²) in [5.74, 6) is 0.462. The number of amides is 3. The first-order chi connectivity index (χ1) is 25.8. The van der Waals surface area contributed by atoms with E-state index in [1.54, 1.807) is 40.5 Å². The van der Waals surface area contributed by atoms with Crippen molar-refractivity contribution in [3.8, 4) is 5.75 Å². The molecule has 2 aliphatic heterocycles. The SMILES string of the molecule is O=C(NCc1cccs1)[C@@H]1CN(C(=O)Oc2ccccc2Cl)CCN1C(=O)[C@@H](CC1CCCCC1)NC1CCC2(CC1)CCN(Cc1ccccc1)C2. The number of ether oxygens (including phenoxy) is 1. The largest absolute Gasteiger partial charge is 0.415 e. The molecule has 11 heteroatoms. The van der Waals surface area contributed by atoms with Crippen LogP contribution in [0.3, 0.4) is 0 Å². The Hall–Kier alpha value is -3.44. The topological polar surface area (TPSA) is 94.2 Å². The molecule has 3 amide bonds. The molecule has 2 saturated carbocycles. The zero-order valence-electron chi connectivity index (χ0n) is 30.7. The minimum absolute atomic E-state index is 0.0267. The third kappa shape index (κ3) is 9.82. The van der Waals surface area contributed by atoms with Gasteiger partial charge in [0.15, 0.2) is 5.75 Å². The van der Waals surface area contributed by atoms with Gasteiger partial charge in [-0.2, -0.15) is 0 Å². The molecule has 3 aromatic rings. The number of nitrogens with one attached hydrogen (secondary N) is 2. The number of piperazine rings is 1. The van der Waals surface area contributed by atoms with Crippen LogP contribution in [0.2, 0.25) is 5.02 Å². The lowest BCUT2D eigenvalue weighted by atomic mass is 9.71. The number of hydrogen-bond acceptors (Lipinski definition) is 7. The standard InChI is InChI=1S/C42H54ClN5O4S/c43-35-15-7-8-16-38(35)52-41(51)47-23-24-48(37(29-47)39(49)44-27-34-14-9-25-53-34)40(50)36(26-31-10-3-1-4-11-31)45-33-17-19-42(20-18-33)21-22-46(30-42)28-32-12-5-2-6-13-32/h2,5-9,12-16,25,31,33,36-37,45H,1,3-4,10-11,17-24,26-30H2,(H,44,49)/t33?,36-,37+,42?/m1/s1. The van der Waals surface area contributed by atoms with Crippen LogP contribution in [0.1, 0.15) is 81.1 Å². The Kier molecular flexibility index (Phi) is 12.7. The first-order valence-electron chi connectivity index (χ1n) is 19.7. The van der Waals surface area contributed by atoms with Gasteiger partial charge in [-0.25, -0.2) is 4.79 Å². The van der Waals surface area contributed by atoms with Crippen molar-refractivity contribution in [1.29, 1.82) is 0 Å². The van der Waals surface area contributed by atoms with E-state index in [1.165, 1.54) is 49.0 Å². The van der Waals surface area contributed by atoms with E-state index in [0.29, 0.717) is 22.9 Å². The van der Waals surface area contributed by atoms with Crippen LogP contribution in [-0.4, -0.2) is 83.5 Å². The summed E-state index contributed by atoms with van der Waals surface area (Å²) in [5, 5.41) is 9.26. The summed E-state index contributed by atoms with van der Waals surface area (Å²) < 4.78 is 5.66. The van der Waals surface area contributed by atoms with E-state index in [-0.39, 0.29) is 49.3 Å². The van der Waals surface area contributed by atoms with Crippen molar-refractivity contribution in [3.05, 3.63) is 87.6 Å². The highest BCUT2D eigenvalue weighted by Crippen LogP contribution is 2.44. The number of benzene rings is 2. The number of likely N-dealkylation sites (tertiary alicyclic amines) is 1. The number of rotatable bonds is 11. The number of hydrogen-bond donors (Lipinski definition) is 2. The van der Waals surface area contributed by atoms with Gasteiger partial charge in [0.25, 0.3) is 0 Å². The Morgan fingerprint density at radius 1 is 0.887 bits per heavy atom. The van der Waals surface area contributed by atoms with Gasteiger partial charge in [-0.05, 0) is 85.5 Å². The van der Waals surface area contributed by atoms with E-state index < -0.39 is 12.1 Å². The van der Waals surface area contributed by atoms with Crippen LogP contribution in [0.15, 0.2) is 72.1 Å². The van der Waals surface area contributed by atoms with Gasteiger partial charge in [-0.3, -0.25) is 14.5 Å². The molecular formula is C42H54ClN5O4S. The maximum Gasteiger partial charge on any atom is 0.415 e. The fourth-order valence-electron chi connectivity index (χ4n) is 9.12. The molecule has 4 aliphatic rings. The molecule has 2 saturated heterocycles. The van der Waals surface area contributed by atoms with Gasteiger partial charge in [0.2, 0.25) is 11.8 Å². The fraction of sp³-hybridized carbons (Fsp3) is 0.548. The number of nitrogens with zero attached hydrogens (tertiary/aromatic N) is 3. The van der Waals surface area contributed by atoms with E-state index >= 15 is 0 Å². The number of carbonyl (C=O) groups is 3. The zero-order chi connectivity index (χ0) is 36.6. The molecule has 3 heterocycles. The van der Waals surface area contributed by atoms with Gasteiger partial charge in [0.05, 0.1) is 24.2 Å². The van der Waals surface area contributed by atoms with Gasteiger partial charge in [0.1, 0.15) is 6.04 Å². The molecule has 0 unspecified atom stereocenters. The molecule has 1 spiro atoms. The number of halogens is 1. The van der Waals surface area contributed by atoms with Gasteiger partial charge >= 0.3 is 6.09 Å². The first-order valence-corrected chi connectivity index (χ1v) is 20.9. The summed E-state index contributed by atoms with van der Waals surface area (Å²) in [6, 6.07) is 20.6. The second kappa shape index (κ2) is 17.8. The van der Waals surface area contributed by atoms with Crippen LogP contribution < -0.4 is 15.4 Å². The molecule has 4 fully saturated rings. The van der Waals surface area contributed by atoms with E-state index in [0.717, 1.165) is 56.6 Å². The number of carbonyl (C=O) groups excluding carboxylic acids is 3. The lowest BCUT2D eigenvalue weighted by Crippen LogP contribution is -2.65. The molecule has 284 valence electrons. The second-order valence-electron chi connectivity index (χ2n) is 15.8. The third-order valence-corrected chi connectivity index (χ3v) is 13.3. The van der Waals surface area contributed by atoms with E-state index in [9.17, 15) is 14.4 Å².